The van der Waals surface area contributed by atoms with Crippen LogP contribution in [-0.2, 0) is 16.0 Å². The van der Waals surface area contributed by atoms with Gasteiger partial charge in [0.25, 0.3) is 0 Å². The number of benzene rings is 1. The first kappa shape index (κ1) is 20.3. The number of rotatable bonds is 7. The Morgan fingerprint density at radius 2 is 2.11 bits per heavy atom. The van der Waals surface area contributed by atoms with E-state index in [0.717, 1.165) is 13.0 Å². The number of hydrogen-bond donors (Lipinski definition) is 2. The molecule has 5 nitrogen and oxygen atoms in total. The molecule has 0 bridgehead atoms. The van der Waals surface area contributed by atoms with Crippen LogP contribution in [0.2, 0.25) is 0 Å². The van der Waals surface area contributed by atoms with Crippen LogP contribution in [0.3, 0.4) is 0 Å². The molecule has 1 aromatic rings. The number of ether oxygens (including phenoxy) is 1. The number of nitrogens with one attached hydrogen (secondary N) is 1. The predicted molar refractivity (Wildman–Crippen MR) is 106 cm³/mol. The maximum absolute atomic E-state index is 13.0. The first-order chi connectivity index (χ1) is 13.1. The van der Waals surface area contributed by atoms with Gasteiger partial charge in [-0.3, -0.25) is 10.1 Å². The fourth-order valence-electron chi connectivity index (χ4n) is 4.56. The molecule has 0 radical (unpaired) electrons. The Hall–Kier alpha value is -1.43. The molecule has 1 aliphatic carbocycles. The fourth-order valence-corrected chi connectivity index (χ4v) is 4.56. The summed E-state index contributed by atoms with van der Waals surface area (Å²) in [7, 11) is 0. The molecule has 1 saturated carbocycles. The summed E-state index contributed by atoms with van der Waals surface area (Å²) in [4.78, 5) is 15.1. The van der Waals surface area contributed by atoms with Crippen molar-refractivity contribution in [2.45, 2.75) is 64.5 Å². The predicted octanol–water partition coefficient (Wildman–Crippen LogP) is 2.95. The Bertz CT molecular complexity index is 626. The minimum atomic E-state index is -0.486. The van der Waals surface area contributed by atoms with Crippen molar-refractivity contribution in [3.05, 3.63) is 34.9 Å². The van der Waals surface area contributed by atoms with Crippen molar-refractivity contribution < 1.29 is 14.6 Å². The van der Waals surface area contributed by atoms with E-state index in [9.17, 15) is 9.90 Å². The number of aryl methyl sites for hydroxylation is 1. The molecule has 1 aliphatic heterocycles. The SMILES string of the molecule is Cc1ccc2c(c1)C(C1CCCCC1)N(C(=O)CNCOC[C@H](C)O)CC2. The van der Waals surface area contributed by atoms with Crippen LogP contribution < -0.4 is 5.32 Å². The van der Waals surface area contributed by atoms with Crippen molar-refractivity contribution in [3.63, 3.8) is 0 Å². The van der Waals surface area contributed by atoms with Gasteiger partial charge in [0.2, 0.25) is 5.91 Å². The van der Waals surface area contributed by atoms with Crippen molar-refractivity contribution in [1.82, 2.24) is 10.2 Å². The number of fused-ring (bicyclic) bond motifs is 1. The summed E-state index contributed by atoms with van der Waals surface area (Å²) < 4.78 is 5.32. The lowest BCUT2D eigenvalue weighted by Crippen LogP contribution is -2.47. The van der Waals surface area contributed by atoms with Gasteiger partial charge < -0.3 is 14.7 Å². The Labute approximate surface area is 163 Å². The summed E-state index contributed by atoms with van der Waals surface area (Å²) in [6.45, 7) is 5.47. The molecule has 1 amide bonds. The molecule has 1 aromatic carbocycles. The third-order valence-corrected chi connectivity index (χ3v) is 5.83. The number of carbonyl (C=O) groups excluding carboxylic acids is 1. The number of nitrogens with zero attached hydrogens (tertiary/aromatic N) is 1. The highest BCUT2D eigenvalue weighted by molar-refractivity contribution is 5.79. The highest BCUT2D eigenvalue weighted by atomic mass is 16.5. The Kier molecular flexibility index (Phi) is 7.27. The summed E-state index contributed by atoms with van der Waals surface area (Å²) >= 11 is 0. The normalized spacial score (nSPS) is 21.7. The first-order valence-corrected chi connectivity index (χ1v) is 10.4. The summed E-state index contributed by atoms with van der Waals surface area (Å²) in [5.74, 6) is 0.716. The van der Waals surface area contributed by atoms with Gasteiger partial charge in [0.05, 0.1) is 32.0 Å². The molecule has 3 rings (SSSR count). The van der Waals surface area contributed by atoms with Crippen LogP contribution in [0.4, 0.5) is 0 Å². The third-order valence-electron chi connectivity index (χ3n) is 5.83. The highest BCUT2D eigenvalue weighted by Crippen LogP contribution is 2.42. The van der Waals surface area contributed by atoms with Gasteiger partial charge in [-0.05, 0) is 50.2 Å². The number of aliphatic hydroxyl groups excluding tert-OH is 1. The molecule has 0 aromatic heterocycles. The van der Waals surface area contributed by atoms with Gasteiger partial charge >= 0.3 is 0 Å². The number of amides is 1. The first-order valence-electron chi connectivity index (χ1n) is 10.4. The lowest BCUT2D eigenvalue weighted by atomic mass is 9.77. The molecule has 27 heavy (non-hydrogen) atoms. The summed E-state index contributed by atoms with van der Waals surface area (Å²) in [6.07, 6.45) is 6.74. The molecule has 150 valence electrons. The van der Waals surface area contributed by atoms with Crippen LogP contribution >= 0.6 is 0 Å². The highest BCUT2D eigenvalue weighted by Gasteiger charge is 2.36. The topological polar surface area (TPSA) is 61.8 Å². The van der Waals surface area contributed by atoms with Crippen LogP contribution in [0.1, 0.15) is 61.8 Å². The molecular weight excluding hydrogens is 340 g/mol. The monoisotopic (exact) mass is 374 g/mol. The van der Waals surface area contributed by atoms with Gasteiger partial charge in [-0.15, -0.1) is 0 Å². The van der Waals surface area contributed by atoms with Gasteiger partial charge in [0, 0.05) is 6.54 Å². The quantitative estimate of drug-likeness (QED) is 0.569. The molecule has 0 spiro atoms. The fraction of sp³-hybridized carbons (Fsp3) is 0.682. The smallest absolute Gasteiger partial charge is 0.237 e. The molecule has 1 unspecified atom stereocenters. The zero-order valence-electron chi connectivity index (χ0n) is 16.7. The van der Waals surface area contributed by atoms with Gasteiger partial charge in [0.1, 0.15) is 0 Å². The van der Waals surface area contributed by atoms with Crippen LogP contribution in [0.25, 0.3) is 0 Å². The zero-order chi connectivity index (χ0) is 19.2. The van der Waals surface area contributed by atoms with E-state index in [1.54, 1.807) is 6.92 Å². The molecule has 1 heterocycles. The van der Waals surface area contributed by atoms with Crippen molar-refractivity contribution in [1.29, 1.82) is 0 Å². The molecule has 2 atom stereocenters. The molecular formula is C22H34N2O3. The molecule has 0 saturated heterocycles. The average molecular weight is 375 g/mol. The van der Waals surface area contributed by atoms with Crippen molar-refractivity contribution in [3.8, 4) is 0 Å². The van der Waals surface area contributed by atoms with E-state index in [2.05, 4.69) is 35.3 Å². The van der Waals surface area contributed by atoms with Crippen LogP contribution in [0, 0.1) is 12.8 Å². The van der Waals surface area contributed by atoms with E-state index < -0.39 is 6.10 Å². The van der Waals surface area contributed by atoms with Crippen molar-refractivity contribution >= 4 is 5.91 Å². The van der Waals surface area contributed by atoms with Crippen LogP contribution in [0.15, 0.2) is 18.2 Å². The summed E-state index contributed by atoms with van der Waals surface area (Å²) in [6, 6.07) is 6.95. The van der Waals surface area contributed by atoms with E-state index in [1.807, 2.05) is 0 Å². The molecule has 2 aliphatic rings. The lowest BCUT2D eigenvalue weighted by molar-refractivity contribution is -0.135. The second-order valence-corrected chi connectivity index (χ2v) is 8.17. The number of carbonyl (C=O) groups is 1. The van der Waals surface area contributed by atoms with E-state index in [0.29, 0.717) is 5.92 Å². The molecule has 2 N–H and O–H groups in total. The van der Waals surface area contributed by atoms with Gasteiger partial charge in [-0.1, -0.05) is 43.0 Å². The Morgan fingerprint density at radius 3 is 2.85 bits per heavy atom. The van der Waals surface area contributed by atoms with Gasteiger partial charge in [-0.2, -0.15) is 0 Å². The minimum Gasteiger partial charge on any atom is -0.391 e. The van der Waals surface area contributed by atoms with Crippen LogP contribution in [0.5, 0.6) is 0 Å². The van der Waals surface area contributed by atoms with Gasteiger partial charge in [-0.25, -0.2) is 0 Å². The van der Waals surface area contributed by atoms with E-state index in [1.165, 1.54) is 48.8 Å². The van der Waals surface area contributed by atoms with E-state index in [-0.39, 0.29) is 31.8 Å². The largest absolute Gasteiger partial charge is 0.391 e. The van der Waals surface area contributed by atoms with E-state index in [4.69, 9.17) is 4.74 Å². The number of hydrogen-bond acceptors (Lipinski definition) is 4. The maximum Gasteiger partial charge on any atom is 0.237 e. The van der Waals surface area contributed by atoms with E-state index >= 15 is 0 Å². The standard InChI is InChI=1S/C22H34N2O3/c1-16-8-9-18-10-11-24(21(26)13-23-15-27-14-17(2)25)22(20(18)12-16)19-6-4-3-5-7-19/h8-9,12,17,19,22-23,25H,3-7,10-11,13-15H2,1-2H3/t17-,22?/m0/s1. The Balaban J connectivity index is 1.69. The molecule has 1 fully saturated rings. The maximum atomic E-state index is 13.0. The van der Waals surface area contributed by atoms with Gasteiger partial charge in [0.15, 0.2) is 0 Å². The Morgan fingerprint density at radius 1 is 1.33 bits per heavy atom. The average Bonchev–Trinajstić information content (AvgIpc) is 2.67. The summed E-state index contributed by atoms with van der Waals surface area (Å²) in [5.41, 5.74) is 4.05. The zero-order valence-corrected chi connectivity index (χ0v) is 16.7. The second kappa shape index (κ2) is 9.67. The summed E-state index contributed by atoms with van der Waals surface area (Å²) in [5, 5.41) is 12.3. The van der Waals surface area contributed by atoms with Crippen molar-refractivity contribution in [2.24, 2.45) is 5.92 Å². The second-order valence-electron chi connectivity index (χ2n) is 8.17. The number of aliphatic hydroxyl groups is 1. The third kappa shape index (κ3) is 5.31. The minimum absolute atomic E-state index is 0.151. The van der Waals surface area contributed by atoms with Crippen LogP contribution in [-0.4, -0.2) is 48.4 Å². The van der Waals surface area contributed by atoms with Crippen molar-refractivity contribution in [2.75, 3.05) is 26.4 Å². The lowest BCUT2D eigenvalue weighted by Gasteiger charge is -2.43. The molecule has 5 heteroatoms.